The normalized spacial score (nSPS) is 14.6. The van der Waals surface area contributed by atoms with Crippen LogP contribution in [0.1, 0.15) is 29.9 Å². The first-order valence-electron chi connectivity index (χ1n) is 12.3. The van der Waals surface area contributed by atoms with Crippen LogP contribution in [0.15, 0.2) is 88.3 Å². The summed E-state index contributed by atoms with van der Waals surface area (Å²) in [5.74, 6) is 2.24. The summed E-state index contributed by atoms with van der Waals surface area (Å²) in [6.07, 6.45) is 1.63. The number of hydrogen-bond acceptors (Lipinski definition) is 6. The van der Waals surface area contributed by atoms with Crippen molar-refractivity contribution in [1.29, 1.82) is 0 Å². The molecule has 0 spiro atoms. The van der Waals surface area contributed by atoms with E-state index < -0.39 is 0 Å². The predicted molar refractivity (Wildman–Crippen MR) is 144 cm³/mol. The number of benzene rings is 3. The summed E-state index contributed by atoms with van der Waals surface area (Å²) in [6.45, 7) is 4.32. The molecular weight excluding hydrogens is 468 g/mol. The van der Waals surface area contributed by atoms with E-state index >= 15 is 0 Å². The van der Waals surface area contributed by atoms with Gasteiger partial charge in [0.2, 0.25) is 17.6 Å². The Morgan fingerprint density at radius 3 is 2.47 bits per heavy atom. The minimum absolute atomic E-state index is 0.0107. The van der Waals surface area contributed by atoms with E-state index in [1.165, 1.54) is 10.5 Å². The lowest BCUT2D eigenvalue weighted by Crippen LogP contribution is -2.37. The number of carbonyl (C=O) groups is 1. The number of carbonyl (C=O) groups excluding carboxylic acids is 1. The first-order chi connectivity index (χ1) is 17.6. The van der Waals surface area contributed by atoms with Crippen molar-refractivity contribution in [2.24, 2.45) is 5.92 Å². The number of piperidine rings is 1. The summed E-state index contributed by atoms with van der Waals surface area (Å²) in [5, 5.41) is 7.27. The van der Waals surface area contributed by atoms with Gasteiger partial charge in [0.25, 0.3) is 0 Å². The standard InChI is InChI=1S/C29H30N4O2S/c1-21-18-22(20-36-25-10-6-3-7-11-25)12-13-26(21)30-29(34)24-14-16-33(17-15-24)19-27-31-28(32-35-27)23-8-4-2-5-9-23/h2-13,18,24H,14-17,19-20H2,1H3,(H,30,34). The summed E-state index contributed by atoms with van der Waals surface area (Å²) in [5.41, 5.74) is 4.19. The third kappa shape index (κ3) is 6.22. The van der Waals surface area contributed by atoms with Gasteiger partial charge >= 0.3 is 0 Å². The van der Waals surface area contributed by atoms with Gasteiger partial charge in [0.15, 0.2) is 0 Å². The molecule has 1 aliphatic rings. The molecule has 5 rings (SSSR count). The molecule has 3 aromatic carbocycles. The molecule has 2 heterocycles. The molecule has 0 saturated carbocycles. The largest absolute Gasteiger partial charge is 0.338 e. The highest BCUT2D eigenvalue weighted by atomic mass is 32.2. The third-order valence-corrected chi connectivity index (χ3v) is 7.60. The molecular formula is C29H30N4O2S. The van der Waals surface area contributed by atoms with Gasteiger partial charge in [-0.3, -0.25) is 9.69 Å². The second-order valence-corrected chi connectivity index (χ2v) is 10.2. The number of aromatic nitrogens is 2. The summed E-state index contributed by atoms with van der Waals surface area (Å²) in [6, 6.07) is 26.5. The van der Waals surface area contributed by atoms with Crippen LogP contribution >= 0.6 is 11.8 Å². The van der Waals surface area contributed by atoms with Crippen molar-refractivity contribution in [2.45, 2.75) is 37.0 Å². The lowest BCUT2D eigenvalue weighted by molar-refractivity contribution is -0.121. The average molecular weight is 499 g/mol. The zero-order valence-electron chi connectivity index (χ0n) is 20.4. The van der Waals surface area contributed by atoms with Crippen LogP contribution < -0.4 is 5.32 Å². The van der Waals surface area contributed by atoms with Crippen LogP contribution in [0.3, 0.4) is 0 Å². The number of anilines is 1. The summed E-state index contributed by atoms with van der Waals surface area (Å²) < 4.78 is 5.46. The van der Waals surface area contributed by atoms with Crippen molar-refractivity contribution in [2.75, 3.05) is 18.4 Å². The highest BCUT2D eigenvalue weighted by Gasteiger charge is 2.26. The Balaban J connectivity index is 1.09. The van der Waals surface area contributed by atoms with E-state index in [-0.39, 0.29) is 11.8 Å². The molecule has 0 aliphatic carbocycles. The van der Waals surface area contributed by atoms with E-state index in [4.69, 9.17) is 4.52 Å². The number of hydrogen-bond donors (Lipinski definition) is 1. The van der Waals surface area contributed by atoms with Crippen molar-refractivity contribution in [1.82, 2.24) is 15.0 Å². The molecule has 1 N–H and O–H groups in total. The maximum Gasteiger partial charge on any atom is 0.241 e. The van der Waals surface area contributed by atoms with E-state index in [0.29, 0.717) is 18.3 Å². The summed E-state index contributed by atoms with van der Waals surface area (Å²) in [4.78, 5) is 21.0. The molecule has 6 nitrogen and oxygen atoms in total. The monoisotopic (exact) mass is 498 g/mol. The maximum atomic E-state index is 13.0. The second-order valence-electron chi connectivity index (χ2n) is 9.17. The topological polar surface area (TPSA) is 71.3 Å². The van der Waals surface area contributed by atoms with E-state index in [2.05, 4.69) is 63.7 Å². The van der Waals surface area contributed by atoms with Gasteiger partial charge in [-0.2, -0.15) is 4.98 Å². The zero-order chi connectivity index (χ0) is 24.7. The van der Waals surface area contributed by atoms with Gasteiger partial charge < -0.3 is 9.84 Å². The van der Waals surface area contributed by atoms with Crippen LogP contribution in [0.25, 0.3) is 11.4 Å². The molecule has 0 unspecified atom stereocenters. The van der Waals surface area contributed by atoms with Crippen LogP contribution in [0.4, 0.5) is 5.69 Å². The molecule has 7 heteroatoms. The minimum atomic E-state index is 0.0107. The predicted octanol–water partition coefficient (Wildman–Crippen LogP) is 6.19. The molecule has 1 amide bonds. The number of nitrogens with zero attached hydrogens (tertiary/aromatic N) is 3. The average Bonchev–Trinajstić information content (AvgIpc) is 3.39. The minimum Gasteiger partial charge on any atom is -0.338 e. The van der Waals surface area contributed by atoms with Crippen molar-refractivity contribution < 1.29 is 9.32 Å². The molecule has 1 fully saturated rings. The van der Waals surface area contributed by atoms with Gasteiger partial charge in [-0.15, -0.1) is 11.8 Å². The number of likely N-dealkylation sites (tertiary alicyclic amines) is 1. The van der Waals surface area contributed by atoms with Crippen LogP contribution in [0.2, 0.25) is 0 Å². The Morgan fingerprint density at radius 1 is 1.03 bits per heavy atom. The van der Waals surface area contributed by atoms with E-state index in [1.54, 1.807) is 0 Å². The van der Waals surface area contributed by atoms with E-state index in [9.17, 15) is 4.79 Å². The lowest BCUT2D eigenvalue weighted by atomic mass is 9.95. The molecule has 4 aromatic rings. The van der Waals surface area contributed by atoms with Crippen LogP contribution in [0.5, 0.6) is 0 Å². The van der Waals surface area contributed by atoms with Crippen LogP contribution in [0, 0.1) is 12.8 Å². The fraction of sp³-hybridized carbons (Fsp3) is 0.276. The molecule has 1 aliphatic heterocycles. The quantitative estimate of drug-likeness (QED) is 0.292. The maximum absolute atomic E-state index is 13.0. The van der Waals surface area contributed by atoms with Crippen LogP contribution in [-0.2, 0) is 17.1 Å². The fourth-order valence-corrected chi connectivity index (χ4v) is 5.30. The molecule has 0 radical (unpaired) electrons. The van der Waals surface area contributed by atoms with Gasteiger partial charge in [-0.1, -0.05) is 65.8 Å². The van der Waals surface area contributed by atoms with Gasteiger partial charge in [0.05, 0.1) is 6.54 Å². The molecule has 1 aromatic heterocycles. The van der Waals surface area contributed by atoms with Crippen molar-refractivity contribution in [3.05, 3.63) is 95.9 Å². The number of rotatable bonds is 8. The Labute approximate surface area is 216 Å². The lowest BCUT2D eigenvalue weighted by Gasteiger charge is -2.30. The highest BCUT2D eigenvalue weighted by Crippen LogP contribution is 2.26. The van der Waals surface area contributed by atoms with Crippen molar-refractivity contribution in [3.8, 4) is 11.4 Å². The van der Waals surface area contributed by atoms with Gasteiger partial charge in [-0.25, -0.2) is 0 Å². The smallest absolute Gasteiger partial charge is 0.241 e. The molecule has 0 bridgehead atoms. The number of nitrogens with one attached hydrogen (secondary N) is 1. The third-order valence-electron chi connectivity index (χ3n) is 6.51. The first kappa shape index (κ1) is 24.3. The fourth-order valence-electron chi connectivity index (χ4n) is 4.44. The van der Waals surface area contributed by atoms with Gasteiger partial charge in [0.1, 0.15) is 0 Å². The summed E-state index contributed by atoms with van der Waals surface area (Å²) >= 11 is 1.82. The Morgan fingerprint density at radius 2 is 1.75 bits per heavy atom. The van der Waals surface area contributed by atoms with E-state index in [0.717, 1.165) is 48.5 Å². The Bertz CT molecular complexity index is 1290. The summed E-state index contributed by atoms with van der Waals surface area (Å²) in [7, 11) is 0. The second kappa shape index (κ2) is 11.5. The zero-order valence-corrected chi connectivity index (χ0v) is 21.2. The number of amides is 1. The highest BCUT2D eigenvalue weighted by molar-refractivity contribution is 7.98. The number of aryl methyl sites for hydroxylation is 1. The van der Waals surface area contributed by atoms with Crippen LogP contribution in [-0.4, -0.2) is 34.0 Å². The van der Waals surface area contributed by atoms with Crippen molar-refractivity contribution in [3.63, 3.8) is 0 Å². The SMILES string of the molecule is Cc1cc(CSc2ccccc2)ccc1NC(=O)C1CCN(Cc2nc(-c3ccccc3)no2)CC1. The first-order valence-corrected chi connectivity index (χ1v) is 13.3. The van der Waals surface area contributed by atoms with E-state index in [1.807, 2.05) is 54.2 Å². The van der Waals surface area contributed by atoms with Gasteiger partial charge in [0, 0.05) is 27.8 Å². The van der Waals surface area contributed by atoms with Crippen molar-refractivity contribution >= 4 is 23.4 Å². The Hall–Kier alpha value is -3.42. The molecule has 1 saturated heterocycles. The molecule has 184 valence electrons. The Kier molecular flexibility index (Phi) is 7.79. The molecule has 36 heavy (non-hydrogen) atoms. The van der Waals surface area contributed by atoms with Gasteiger partial charge in [-0.05, 0) is 62.2 Å². The molecule has 0 atom stereocenters. The number of thioether (sulfide) groups is 1.